The van der Waals surface area contributed by atoms with Crippen molar-refractivity contribution in [3.05, 3.63) is 48.0 Å². The lowest BCUT2D eigenvalue weighted by Gasteiger charge is -2.19. The van der Waals surface area contributed by atoms with Gasteiger partial charge >= 0.3 is 5.97 Å². The minimum absolute atomic E-state index is 0.121. The highest BCUT2D eigenvalue weighted by atomic mass is 16.6. The van der Waals surface area contributed by atoms with Crippen molar-refractivity contribution in [2.75, 3.05) is 36.6 Å². The van der Waals surface area contributed by atoms with E-state index >= 15 is 0 Å². The Bertz CT molecular complexity index is 972. The number of hydrogen-bond donors (Lipinski definition) is 1. The number of nitrogens with one attached hydrogen (secondary N) is 1. The molecule has 0 radical (unpaired) electrons. The Balaban J connectivity index is 1.40. The first kappa shape index (κ1) is 19.8. The smallest absolute Gasteiger partial charge is 0.338 e. The molecule has 0 aliphatic carbocycles. The molecule has 2 aromatic rings. The van der Waals surface area contributed by atoms with E-state index in [1.54, 1.807) is 54.3 Å². The highest BCUT2D eigenvalue weighted by molar-refractivity contribution is 6.03. The zero-order chi connectivity index (χ0) is 21.1. The number of carbonyl (C=O) groups is 3. The van der Waals surface area contributed by atoms with Crippen LogP contribution >= 0.6 is 0 Å². The number of nitrogens with zero attached hydrogens (tertiary/aromatic N) is 1. The van der Waals surface area contributed by atoms with E-state index < -0.39 is 11.9 Å². The number of anilines is 2. The Kier molecular flexibility index (Phi) is 5.56. The van der Waals surface area contributed by atoms with Crippen LogP contribution in [0.4, 0.5) is 11.4 Å². The van der Waals surface area contributed by atoms with Gasteiger partial charge in [0.2, 0.25) is 11.8 Å². The van der Waals surface area contributed by atoms with E-state index in [0.717, 1.165) is 0 Å². The van der Waals surface area contributed by atoms with Crippen LogP contribution in [-0.4, -0.2) is 44.1 Å². The Hall–Kier alpha value is -3.55. The van der Waals surface area contributed by atoms with Crippen molar-refractivity contribution in [3.63, 3.8) is 0 Å². The Labute approximate surface area is 173 Å². The Morgan fingerprint density at radius 2 is 1.83 bits per heavy atom. The van der Waals surface area contributed by atoms with Crippen LogP contribution < -0.4 is 19.7 Å². The van der Waals surface area contributed by atoms with Crippen molar-refractivity contribution >= 4 is 29.2 Å². The van der Waals surface area contributed by atoms with E-state index in [1.807, 2.05) is 0 Å². The monoisotopic (exact) mass is 410 g/mol. The minimum atomic E-state index is -0.476. The van der Waals surface area contributed by atoms with Gasteiger partial charge in [0.15, 0.2) is 11.5 Å². The Morgan fingerprint density at radius 3 is 2.57 bits per heavy atom. The summed E-state index contributed by atoms with van der Waals surface area (Å²) in [6.07, 6.45) is 0.121. The number of benzene rings is 2. The fraction of sp³-hybridized carbons (Fsp3) is 0.318. The molecular formula is C22H22N2O6. The van der Waals surface area contributed by atoms with Gasteiger partial charge in [-0.2, -0.15) is 0 Å². The van der Waals surface area contributed by atoms with Crippen LogP contribution in [0.3, 0.4) is 0 Å². The zero-order valence-corrected chi connectivity index (χ0v) is 16.6. The molecular weight excluding hydrogens is 388 g/mol. The van der Waals surface area contributed by atoms with Crippen LogP contribution in [0, 0.1) is 5.92 Å². The predicted molar refractivity (Wildman–Crippen MR) is 109 cm³/mol. The summed E-state index contributed by atoms with van der Waals surface area (Å²) >= 11 is 0. The van der Waals surface area contributed by atoms with Crippen LogP contribution in [0.5, 0.6) is 11.5 Å². The molecule has 0 spiro atoms. The largest absolute Gasteiger partial charge is 0.486 e. The van der Waals surface area contributed by atoms with Gasteiger partial charge in [0.1, 0.15) is 13.2 Å². The summed E-state index contributed by atoms with van der Waals surface area (Å²) in [7, 11) is 0. The van der Waals surface area contributed by atoms with Crippen molar-refractivity contribution in [1.82, 2.24) is 0 Å². The van der Waals surface area contributed by atoms with Gasteiger partial charge in [-0.05, 0) is 43.3 Å². The average molecular weight is 410 g/mol. The van der Waals surface area contributed by atoms with Crippen LogP contribution in [-0.2, 0) is 14.3 Å². The maximum absolute atomic E-state index is 12.7. The summed E-state index contributed by atoms with van der Waals surface area (Å²) in [6.45, 7) is 3.27. The number of esters is 1. The number of ether oxygens (including phenoxy) is 3. The molecule has 8 nitrogen and oxygen atoms in total. The molecule has 1 N–H and O–H groups in total. The first-order chi connectivity index (χ1) is 14.5. The normalized spacial score (nSPS) is 17.6. The van der Waals surface area contributed by atoms with E-state index in [1.165, 1.54) is 0 Å². The van der Waals surface area contributed by atoms with Crippen molar-refractivity contribution in [3.8, 4) is 11.5 Å². The third kappa shape index (κ3) is 4.07. The topological polar surface area (TPSA) is 94.2 Å². The molecule has 1 fully saturated rings. The first-order valence-corrected chi connectivity index (χ1v) is 9.83. The summed E-state index contributed by atoms with van der Waals surface area (Å²) in [6, 6.07) is 11.8. The van der Waals surface area contributed by atoms with Crippen LogP contribution in [0.2, 0.25) is 0 Å². The van der Waals surface area contributed by atoms with E-state index in [4.69, 9.17) is 14.2 Å². The van der Waals surface area contributed by atoms with Gasteiger partial charge < -0.3 is 24.4 Å². The maximum atomic E-state index is 12.7. The second-order valence-corrected chi connectivity index (χ2v) is 7.02. The second-order valence-electron chi connectivity index (χ2n) is 7.02. The van der Waals surface area contributed by atoms with Crippen molar-refractivity contribution in [2.24, 2.45) is 5.92 Å². The lowest BCUT2D eigenvalue weighted by molar-refractivity contribution is -0.122. The Morgan fingerprint density at radius 1 is 1.10 bits per heavy atom. The number of carbonyl (C=O) groups excluding carboxylic acids is 3. The molecule has 1 atom stereocenters. The zero-order valence-electron chi connectivity index (χ0n) is 16.6. The number of hydrogen-bond acceptors (Lipinski definition) is 6. The van der Waals surface area contributed by atoms with Crippen molar-refractivity contribution in [1.29, 1.82) is 0 Å². The van der Waals surface area contributed by atoms with Crippen LogP contribution in [0.1, 0.15) is 23.7 Å². The van der Waals surface area contributed by atoms with E-state index in [2.05, 4.69) is 5.32 Å². The predicted octanol–water partition coefficient (Wildman–Crippen LogP) is 2.63. The summed E-state index contributed by atoms with van der Waals surface area (Å²) in [5.41, 5.74) is 1.65. The SMILES string of the molecule is CCOC(=O)c1ccc(N2C[C@@H](C(=O)Nc3ccc4c(c3)OCCO4)CC2=O)cc1. The fourth-order valence-corrected chi connectivity index (χ4v) is 3.49. The fourth-order valence-electron chi connectivity index (χ4n) is 3.49. The maximum Gasteiger partial charge on any atom is 0.338 e. The molecule has 2 heterocycles. The third-order valence-electron chi connectivity index (χ3n) is 5.00. The molecule has 1 saturated heterocycles. The standard InChI is InChI=1S/C22H22N2O6/c1-2-28-22(27)14-3-6-17(7-4-14)24-13-15(11-20(24)25)21(26)23-16-5-8-18-19(12-16)30-10-9-29-18/h3-8,12,15H,2,9-11,13H2,1H3,(H,23,26)/t15-/m0/s1. The van der Waals surface area contributed by atoms with Gasteiger partial charge in [0.25, 0.3) is 0 Å². The van der Waals surface area contributed by atoms with E-state index in [0.29, 0.717) is 48.3 Å². The van der Waals surface area contributed by atoms with Crippen LogP contribution in [0.25, 0.3) is 0 Å². The number of rotatable bonds is 5. The molecule has 30 heavy (non-hydrogen) atoms. The molecule has 2 amide bonds. The van der Waals surface area contributed by atoms with Crippen molar-refractivity contribution < 1.29 is 28.6 Å². The van der Waals surface area contributed by atoms with E-state index in [-0.39, 0.29) is 24.8 Å². The van der Waals surface area contributed by atoms with Gasteiger partial charge in [-0.1, -0.05) is 0 Å². The summed E-state index contributed by atoms with van der Waals surface area (Å²) < 4.78 is 16.0. The van der Waals surface area contributed by atoms with Gasteiger partial charge in [0.05, 0.1) is 18.1 Å². The van der Waals surface area contributed by atoms with Gasteiger partial charge in [-0.25, -0.2) is 4.79 Å². The first-order valence-electron chi connectivity index (χ1n) is 9.83. The molecule has 2 aliphatic rings. The lowest BCUT2D eigenvalue weighted by Crippen LogP contribution is -2.28. The van der Waals surface area contributed by atoms with Crippen molar-refractivity contribution in [2.45, 2.75) is 13.3 Å². The molecule has 2 aliphatic heterocycles. The summed E-state index contributed by atoms with van der Waals surface area (Å²) in [5.74, 6) is -0.0200. The quantitative estimate of drug-likeness (QED) is 0.762. The number of fused-ring (bicyclic) bond motifs is 1. The van der Waals surface area contributed by atoms with Gasteiger partial charge in [0, 0.05) is 30.4 Å². The molecule has 0 saturated carbocycles. The molecule has 0 bridgehead atoms. The molecule has 156 valence electrons. The molecule has 2 aromatic carbocycles. The van der Waals surface area contributed by atoms with Gasteiger partial charge in [-0.15, -0.1) is 0 Å². The number of amides is 2. The highest BCUT2D eigenvalue weighted by Crippen LogP contribution is 2.33. The highest BCUT2D eigenvalue weighted by Gasteiger charge is 2.35. The minimum Gasteiger partial charge on any atom is -0.486 e. The van der Waals surface area contributed by atoms with Crippen LogP contribution in [0.15, 0.2) is 42.5 Å². The average Bonchev–Trinajstić information content (AvgIpc) is 3.16. The second kappa shape index (κ2) is 8.44. The summed E-state index contributed by atoms with van der Waals surface area (Å²) in [4.78, 5) is 38.5. The van der Waals surface area contributed by atoms with E-state index in [9.17, 15) is 14.4 Å². The van der Waals surface area contributed by atoms with Gasteiger partial charge in [-0.3, -0.25) is 9.59 Å². The lowest BCUT2D eigenvalue weighted by atomic mass is 10.1. The molecule has 4 rings (SSSR count). The third-order valence-corrected chi connectivity index (χ3v) is 5.00. The molecule has 0 aromatic heterocycles. The molecule has 0 unspecified atom stereocenters. The molecule has 8 heteroatoms. The summed E-state index contributed by atoms with van der Waals surface area (Å²) in [5, 5.41) is 2.85.